The molecule has 0 unspecified atom stereocenters. The number of amides is 1. The fourth-order valence-electron chi connectivity index (χ4n) is 4.57. The van der Waals surface area contributed by atoms with Gasteiger partial charge >= 0.3 is 0 Å². The van der Waals surface area contributed by atoms with E-state index in [4.69, 9.17) is 0 Å². The third kappa shape index (κ3) is 5.45. The number of nitrogens with one attached hydrogen (secondary N) is 1. The number of aromatic nitrogens is 5. The van der Waals surface area contributed by atoms with Crippen molar-refractivity contribution in [2.24, 2.45) is 0 Å². The molecule has 1 fully saturated rings. The zero-order valence-electron chi connectivity index (χ0n) is 21.8. The summed E-state index contributed by atoms with van der Waals surface area (Å²) in [5, 5.41) is 21.1. The number of likely N-dealkylation sites (tertiary alicyclic amines) is 1. The second kappa shape index (κ2) is 10.5. The molecule has 1 saturated heterocycles. The summed E-state index contributed by atoms with van der Waals surface area (Å²) in [6, 6.07) is 13.3. The minimum Gasteiger partial charge on any atom is -0.321 e. The highest BCUT2D eigenvalue weighted by Crippen LogP contribution is 2.25. The van der Waals surface area contributed by atoms with Crippen LogP contribution < -0.4 is 5.32 Å². The van der Waals surface area contributed by atoms with Crippen LogP contribution in [0.1, 0.15) is 53.9 Å². The van der Waals surface area contributed by atoms with Crippen molar-refractivity contribution in [1.82, 2.24) is 29.9 Å². The highest BCUT2D eigenvalue weighted by molar-refractivity contribution is 6.04. The van der Waals surface area contributed by atoms with Gasteiger partial charge in [-0.25, -0.2) is 4.68 Å². The van der Waals surface area contributed by atoms with Gasteiger partial charge in [0.15, 0.2) is 0 Å². The average Bonchev–Trinajstić information content (AvgIpc) is 3.63. The van der Waals surface area contributed by atoms with Gasteiger partial charge in [0.25, 0.3) is 5.91 Å². The predicted molar refractivity (Wildman–Crippen MR) is 145 cm³/mol. The summed E-state index contributed by atoms with van der Waals surface area (Å²) in [6.45, 7) is 8.68. The van der Waals surface area contributed by atoms with E-state index in [0.717, 1.165) is 42.0 Å². The van der Waals surface area contributed by atoms with E-state index in [-0.39, 0.29) is 5.91 Å². The van der Waals surface area contributed by atoms with Crippen LogP contribution >= 0.6 is 0 Å². The molecule has 4 aromatic rings. The van der Waals surface area contributed by atoms with E-state index in [0.29, 0.717) is 22.6 Å². The van der Waals surface area contributed by atoms with Crippen molar-refractivity contribution in [1.29, 1.82) is 5.26 Å². The molecular formula is C29H30N8O. The number of rotatable bonds is 7. The van der Waals surface area contributed by atoms with Gasteiger partial charge in [-0.05, 0) is 82.1 Å². The molecule has 192 valence electrons. The number of carbonyl (C=O) groups excluding carboxylic acids is 1. The van der Waals surface area contributed by atoms with E-state index >= 15 is 0 Å². The first-order chi connectivity index (χ1) is 18.3. The molecule has 5 rings (SSSR count). The first-order valence-electron chi connectivity index (χ1n) is 12.7. The van der Waals surface area contributed by atoms with Crippen LogP contribution in [0.2, 0.25) is 0 Å². The van der Waals surface area contributed by atoms with Gasteiger partial charge in [0.2, 0.25) is 0 Å². The monoisotopic (exact) mass is 506 g/mol. The molecule has 3 aromatic heterocycles. The van der Waals surface area contributed by atoms with Crippen molar-refractivity contribution >= 4 is 11.6 Å². The molecule has 38 heavy (non-hydrogen) atoms. The summed E-state index contributed by atoms with van der Waals surface area (Å²) in [7, 11) is 0. The molecule has 0 atom stereocenters. The second-order valence-electron chi connectivity index (χ2n) is 10.2. The molecule has 0 spiro atoms. The minimum absolute atomic E-state index is 0.280. The Labute approximate surface area is 222 Å². The summed E-state index contributed by atoms with van der Waals surface area (Å²) in [4.78, 5) is 24.3. The summed E-state index contributed by atoms with van der Waals surface area (Å²) in [5.41, 5.74) is 5.33. The zero-order chi connectivity index (χ0) is 26.7. The molecule has 0 saturated carbocycles. The van der Waals surface area contributed by atoms with Crippen molar-refractivity contribution < 1.29 is 4.79 Å². The summed E-state index contributed by atoms with van der Waals surface area (Å²) >= 11 is 0. The summed E-state index contributed by atoms with van der Waals surface area (Å²) in [5.74, 6) is -0.280. The number of benzene rings is 1. The van der Waals surface area contributed by atoms with Crippen molar-refractivity contribution in [2.75, 3.05) is 18.4 Å². The third-order valence-corrected chi connectivity index (χ3v) is 6.88. The molecular weight excluding hydrogens is 476 g/mol. The van der Waals surface area contributed by atoms with Gasteiger partial charge in [-0.15, -0.1) is 5.10 Å². The number of nitriles is 1. The Morgan fingerprint density at radius 2 is 1.95 bits per heavy atom. The normalized spacial score (nSPS) is 13.8. The topological polar surface area (TPSA) is 113 Å². The SMILES string of the molecule is Cc1ncc(NC(=O)c2cccc(C(C)(C)C#N)c2)cc1-n1cc(-c2cncc(CN3CCCC3)c2)nn1. The number of hydrogen-bond donors (Lipinski definition) is 1. The number of anilines is 1. The maximum absolute atomic E-state index is 13.0. The highest BCUT2D eigenvalue weighted by atomic mass is 16.1. The zero-order valence-corrected chi connectivity index (χ0v) is 21.8. The molecule has 1 aromatic carbocycles. The van der Waals surface area contributed by atoms with Crippen molar-refractivity contribution in [2.45, 2.75) is 45.6 Å². The van der Waals surface area contributed by atoms with Gasteiger partial charge in [0.05, 0.1) is 40.9 Å². The molecule has 9 heteroatoms. The predicted octanol–water partition coefficient (Wildman–Crippen LogP) is 4.68. The Morgan fingerprint density at radius 1 is 1.13 bits per heavy atom. The Kier molecular flexibility index (Phi) is 6.99. The number of aryl methyl sites for hydroxylation is 1. The molecule has 0 aliphatic carbocycles. The van der Waals surface area contributed by atoms with Crippen LogP contribution in [0.25, 0.3) is 16.9 Å². The van der Waals surface area contributed by atoms with Crippen LogP contribution in [0, 0.1) is 18.3 Å². The Morgan fingerprint density at radius 3 is 2.74 bits per heavy atom. The summed E-state index contributed by atoms with van der Waals surface area (Å²) in [6.07, 6.45) is 9.66. The van der Waals surface area contributed by atoms with Crippen LogP contribution in [0.5, 0.6) is 0 Å². The molecule has 1 aliphatic heterocycles. The highest BCUT2D eigenvalue weighted by Gasteiger charge is 2.21. The van der Waals surface area contributed by atoms with Gasteiger partial charge in [-0.1, -0.05) is 17.3 Å². The Balaban J connectivity index is 1.35. The molecule has 1 amide bonds. The van der Waals surface area contributed by atoms with Gasteiger partial charge in [0, 0.05) is 30.1 Å². The van der Waals surface area contributed by atoms with E-state index in [1.807, 2.05) is 45.3 Å². The average molecular weight is 507 g/mol. The lowest BCUT2D eigenvalue weighted by molar-refractivity contribution is 0.102. The van der Waals surface area contributed by atoms with Gasteiger partial charge < -0.3 is 5.32 Å². The van der Waals surface area contributed by atoms with Crippen LogP contribution in [0.4, 0.5) is 5.69 Å². The molecule has 0 radical (unpaired) electrons. The fraction of sp³-hybridized carbons (Fsp3) is 0.310. The number of carbonyl (C=O) groups is 1. The van der Waals surface area contributed by atoms with Crippen molar-refractivity contribution in [3.05, 3.63) is 83.6 Å². The van der Waals surface area contributed by atoms with E-state index in [9.17, 15) is 10.1 Å². The number of hydrogen-bond acceptors (Lipinski definition) is 7. The van der Waals surface area contributed by atoms with E-state index < -0.39 is 5.41 Å². The lowest BCUT2D eigenvalue weighted by atomic mass is 9.85. The summed E-state index contributed by atoms with van der Waals surface area (Å²) < 4.78 is 1.66. The molecule has 4 heterocycles. The largest absolute Gasteiger partial charge is 0.321 e. The first-order valence-corrected chi connectivity index (χ1v) is 12.7. The standard InChI is InChI=1S/C29H30N8O/c1-20-27(13-25(16-32-20)33-28(38)22-7-6-8-24(12-22)29(2,3)19-30)37-18-26(34-35-37)23-11-21(14-31-15-23)17-36-9-4-5-10-36/h6-8,11-16,18H,4-5,9-10,17H2,1-3H3,(H,33,38). The van der Waals surface area contributed by atoms with Crippen LogP contribution in [-0.4, -0.2) is 48.9 Å². The quantitative estimate of drug-likeness (QED) is 0.387. The van der Waals surface area contributed by atoms with Crippen molar-refractivity contribution in [3.63, 3.8) is 0 Å². The van der Waals surface area contributed by atoms with Crippen LogP contribution in [0.3, 0.4) is 0 Å². The van der Waals surface area contributed by atoms with Crippen molar-refractivity contribution in [3.8, 4) is 23.0 Å². The van der Waals surface area contributed by atoms with Gasteiger partial charge in [-0.2, -0.15) is 5.26 Å². The molecule has 1 N–H and O–H groups in total. The van der Waals surface area contributed by atoms with Gasteiger partial charge in [0.1, 0.15) is 5.69 Å². The van der Waals surface area contributed by atoms with E-state index in [2.05, 4.69) is 42.6 Å². The van der Waals surface area contributed by atoms with Gasteiger partial charge in [-0.3, -0.25) is 19.7 Å². The smallest absolute Gasteiger partial charge is 0.255 e. The minimum atomic E-state index is -0.692. The second-order valence-corrected chi connectivity index (χ2v) is 10.2. The van der Waals surface area contributed by atoms with Crippen LogP contribution in [-0.2, 0) is 12.0 Å². The van der Waals surface area contributed by atoms with E-state index in [1.54, 1.807) is 35.3 Å². The Hall–Kier alpha value is -4.42. The molecule has 0 bridgehead atoms. The maximum Gasteiger partial charge on any atom is 0.255 e. The lowest BCUT2D eigenvalue weighted by Crippen LogP contribution is -2.18. The third-order valence-electron chi connectivity index (χ3n) is 6.88. The maximum atomic E-state index is 13.0. The lowest BCUT2D eigenvalue weighted by Gasteiger charge is -2.16. The number of pyridine rings is 2. The van der Waals surface area contributed by atoms with Crippen LogP contribution in [0.15, 0.2) is 61.2 Å². The fourth-order valence-corrected chi connectivity index (χ4v) is 4.57. The van der Waals surface area contributed by atoms with E-state index in [1.165, 1.54) is 12.8 Å². The molecule has 9 nitrogen and oxygen atoms in total. The first kappa shape index (κ1) is 25.2. The Bertz CT molecular complexity index is 1510. The number of nitrogens with zero attached hydrogens (tertiary/aromatic N) is 7. The molecule has 1 aliphatic rings.